The highest BCUT2D eigenvalue weighted by atomic mass is 33.1. The predicted octanol–water partition coefficient (Wildman–Crippen LogP) is -0.422. The Morgan fingerprint density at radius 1 is 1.33 bits per heavy atom. The highest BCUT2D eigenvalue weighted by Crippen LogP contribution is 2.00. The van der Waals surface area contributed by atoms with E-state index in [4.69, 9.17) is 4.74 Å². The summed E-state index contributed by atoms with van der Waals surface area (Å²) in [5.74, 6) is 0.121. The molecule has 4 nitrogen and oxygen atoms in total. The zero-order valence-electron chi connectivity index (χ0n) is 6.77. The Morgan fingerprint density at radius 2 is 1.92 bits per heavy atom. The fourth-order valence-electron chi connectivity index (χ4n) is 1.07. The van der Waals surface area contributed by atoms with Crippen LogP contribution < -0.4 is 0 Å². The minimum Gasteiger partial charge on any atom is -0.379 e. The van der Waals surface area contributed by atoms with Crippen LogP contribution in [0.3, 0.4) is 0 Å². The topological polar surface area (TPSA) is 46.6 Å². The van der Waals surface area contributed by atoms with Crippen molar-refractivity contribution in [1.82, 2.24) is 4.90 Å². The van der Waals surface area contributed by atoms with Crippen molar-refractivity contribution in [2.24, 2.45) is 0 Å². The molecule has 0 aromatic heterocycles. The molecule has 0 radical (unpaired) electrons. The van der Waals surface area contributed by atoms with E-state index in [1.165, 1.54) is 0 Å². The Labute approximate surface area is 77.6 Å². The molecule has 0 aromatic carbocycles. The van der Waals surface area contributed by atoms with Crippen LogP contribution in [-0.2, 0) is 13.6 Å². The number of nitrogens with zero attached hydrogens (tertiary/aromatic N) is 1. The zero-order valence-corrected chi connectivity index (χ0v) is 8.48. The predicted molar refractivity (Wildman–Crippen MR) is 50.0 cm³/mol. The van der Waals surface area contributed by atoms with Crippen LogP contribution in [0.25, 0.3) is 0 Å². The van der Waals surface area contributed by atoms with Gasteiger partial charge in [0.05, 0.1) is 19.0 Å². The van der Waals surface area contributed by atoms with Crippen molar-refractivity contribution in [3.63, 3.8) is 0 Å². The third-order valence-corrected chi connectivity index (χ3v) is 3.02. The summed E-state index contributed by atoms with van der Waals surface area (Å²) in [6.07, 6.45) is 0. The van der Waals surface area contributed by atoms with Crippen LogP contribution >= 0.6 is 11.7 Å². The molecule has 0 spiro atoms. The van der Waals surface area contributed by atoms with Crippen molar-refractivity contribution >= 4 is 20.5 Å². The first kappa shape index (κ1) is 10.3. The molecular weight excluding hydrogens is 198 g/mol. The van der Waals surface area contributed by atoms with Gasteiger partial charge in [-0.3, -0.25) is 4.90 Å². The number of hydrogen-bond acceptors (Lipinski definition) is 4. The van der Waals surface area contributed by atoms with Gasteiger partial charge in [0.25, 0.3) is 0 Å². The molecule has 72 valence electrons. The molecule has 1 saturated heterocycles. The van der Waals surface area contributed by atoms with Crippen LogP contribution in [0, 0.1) is 0 Å². The molecule has 12 heavy (non-hydrogen) atoms. The van der Waals surface area contributed by atoms with Crippen LogP contribution in [0.15, 0.2) is 0 Å². The van der Waals surface area contributed by atoms with Crippen LogP contribution in [0.4, 0.5) is 0 Å². The average molecular weight is 211 g/mol. The van der Waals surface area contributed by atoms with E-state index in [-0.39, 0.29) is 5.75 Å². The van der Waals surface area contributed by atoms with E-state index in [1.807, 2.05) is 0 Å². The second-order valence-corrected chi connectivity index (χ2v) is 5.98. The Kier molecular flexibility index (Phi) is 3.82. The molecule has 0 N–H and O–H groups in total. The van der Waals surface area contributed by atoms with E-state index in [9.17, 15) is 8.42 Å². The second-order valence-electron chi connectivity index (χ2n) is 2.74. The molecule has 0 saturated carbocycles. The molecule has 1 fully saturated rings. The first-order chi connectivity index (χ1) is 5.58. The standard InChI is InChI=1S/C6H13NO3S2/c8-12(9,11)6-3-7-1-4-10-5-2-7/h1-6H2,(H,8,9,11). The van der Waals surface area contributed by atoms with Crippen LogP contribution in [0.1, 0.15) is 0 Å². The smallest absolute Gasteiger partial charge is 0.199 e. The first-order valence-electron chi connectivity index (χ1n) is 3.83. The summed E-state index contributed by atoms with van der Waals surface area (Å²) in [6, 6.07) is 0. The van der Waals surface area contributed by atoms with E-state index in [0.29, 0.717) is 19.8 Å². The summed E-state index contributed by atoms with van der Waals surface area (Å²) in [6.45, 7) is 3.61. The fraction of sp³-hybridized carbons (Fsp3) is 1.00. The Bertz CT molecular complexity index is 221. The highest BCUT2D eigenvalue weighted by molar-refractivity contribution is 8.63. The van der Waals surface area contributed by atoms with Crippen molar-refractivity contribution in [3.05, 3.63) is 0 Å². The molecule has 1 aliphatic heterocycles. The van der Waals surface area contributed by atoms with E-state index in [0.717, 1.165) is 13.1 Å². The summed E-state index contributed by atoms with van der Waals surface area (Å²) in [7, 11) is -3.11. The third kappa shape index (κ3) is 4.30. The summed E-state index contributed by atoms with van der Waals surface area (Å²) < 4.78 is 26.5. The number of morpholine rings is 1. The van der Waals surface area contributed by atoms with Gasteiger partial charge in [0.1, 0.15) is 0 Å². The minimum absolute atomic E-state index is 0.121. The number of ether oxygens (including phenoxy) is 1. The van der Waals surface area contributed by atoms with Gasteiger partial charge in [-0.1, -0.05) is 0 Å². The highest BCUT2D eigenvalue weighted by Gasteiger charge is 2.12. The third-order valence-electron chi connectivity index (χ3n) is 1.77. The monoisotopic (exact) mass is 211 g/mol. The van der Waals surface area contributed by atoms with Crippen molar-refractivity contribution in [3.8, 4) is 0 Å². The number of rotatable bonds is 3. The van der Waals surface area contributed by atoms with Gasteiger partial charge in [0.2, 0.25) is 0 Å². The largest absolute Gasteiger partial charge is 0.379 e. The van der Waals surface area contributed by atoms with E-state index in [2.05, 4.69) is 16.6 Å². The van der Waals surface area contributed by atoms with Gasteiger partial charge in [-0.25, -0.2) is 8.42 Å². The van der Waals surface area contributed by atoms with Crippen LogP contribution in [-0.4, -0.2) is 51.9 Å². The van der Waals surface area contributed by atoms with E-state index < -0.39 is 8.87 Å². The molecule has 1 rings (SSSR count). The van der Waals surface area contributed by atoms with Crippen LogP contribution in [0.2, 0.25) is 0 Å². The van der Waals surface area contributed by atoms with Gasteiger partial charge in [0.15, 0.2) is 8.87 Å². The maximum Gasteiger partial charge on any atom is 0.199 e. The zero-order chi connectivity index (χ0) is 9.03. The first-order valence-corrected chi connectivity index (χ1v) is 6.54. The van der Waals surface area contributed by atoms with Crippen LogP contribution in [0.5, 0.6) is 0 Å². The summed E-state index contributed by atoms with van der Waals surface area (Å²) in [5, 5.41) is 0. The van der Waals surface area contributed by atoms with Crippen molar-refractivity contribution in [2.75, 3.05) is 38.6 Å². The Hall–Kier alpha value is 0.220. The normalized spacial score (nSPS) is 21.1. The maximum absolute atomic E-state index is 10.7. The molecule has 0 unspecified atom stereocenters. The molecule has 0 aliphatic carbocycles. The average Bonchev–Trinajstić information content (AvgIpc) is 2.02. The van der Waals surface area contributed by atoms with Crippen molar-refractivity contribution in [1.29, 1.82) is 0 Å². The Morgan fingerprint density at radius 3 is 2.42 bits per heavy atom. The van der Waals surface area contributed by atoms with E-state index >= 15 is 0 Å². The van der Waals surface area contributed by atoms with E-state index in [1.54, 1.807) is 0 Å². The summed E-state index contributed by atoms with van der Waals surface area (Å²) >= 11 is 3.47. The molecule has 1 heterocycles. The second kappa shape index (κ2) is 4.45. The van der Waals surface area contributed by atoms with Gasteiger partial charge >= 0.3 is 0 Å². The maximum atomic E-state index is 10.7. The minimum atomic E-state index is -3.11. The molecule has 0 amide bonds. The molecule has 0 aromatic rings. The number of hydrogen-bond donors (Lipinski definition) is 1. The van der Waals surface area contributed by atoms with Crippen molar-refractivity contribution in [2.45, 2.75) is 0 Å². The van der Waals surface area contributed by atoms with Gasteiger partial charge in [-0.2, -0.15) is 0 Å². The molecule has 0 atom stereocenters. The van der Waals surface area contributed by atoms with Gasteiger partial charge in [0, 0.05) is 19.6 Å². The van der Waals surface area contributed by atoms with Gasteiger partial charge in [-0.05, 0) is 11.7 Å². The number of thiol groups is 1. The SMILES string of the molecule is O=S(=O)(S)CCN1CCOCC1. The van der Waals surface area contributed by atoms with Gasteiger partial charge < -0.3 is 4.74 Å². The Balaban J connectivity index is 2.22. The summed E-state index contributed by atoms with van der Waals surface area (Å²) in [5.41, 5.74) is 0. The lowest BCUT2D eigenvalue weighted by molar-refractivity contribution is 0.0408. The fourth-order valence-corrected chi connectivity index (χ4v) is 1.80. The lowest BCUT2D eigenvalue weighted by atomic mass is 10.4. The summed E-state index contributed by atoms with van der Waals surface area (Å²) in [4.78, 5) is 2.07. The quantitative estimate of drug-likeness (QED) is 0.509. The molecule has 0 bridgehead atoms. The molecular formula is C6H13NO3S2. The van der Waals surface area contributed by atoms with Crippen molar-refractivity contribution < 1.29 is 13.2 Å². The molecule has 6 heteroatoms. The van der Waals surface area contributed by atoms with Gasteiger partial charge in [-0.15, -0.1) is 0 Å². The lowest BCUT2D eigenvalue weighted by Gasteiger charge is -2.25. The lowest BCUT2D eigenvalue weighted by Crippen LogP contribution is -2.38. The molecule has 1 aliphatic rings.